The van der Waals surface area contributed by atoms with Crippen LogP contribution in [0.1, 0.15) is 22.3 Å². The van der Waals surface area contributed by atoms with Gasteiger partial charge in [-0.05, 0) is 82.9 Å². The first kappa shape index (κ1) is 33.4. The Bertz CT molecular complexity index is 3250. The van der Waals surface area contributed by atoms with E-state index in [4.69, 9.17) is 15.0 Å². The maximum Gasteiger partial charge on any atom is 0.164 e. The Morgan fingerprint density at radius 3 is 1.44 bits per heavy atom. The third-order valence-electron chi connectivity index (χ3n) is 12.4. The van der Waals surface area contributed by atoms with E-state index in [9.17, 15) is 0 Å². The van der Waals surface area contributed by atoms with Crippen molar-refractivity contribution in [3.8, 4) is 56.4 Å². The highest BCUT2D eigenvalue weighted by Gasteiger charge is 2.47. The van der Waals surface area contributed by atoms with Gasteiger partial charge in [0.15, 0.2) is 17.5 Å². The van der Waals surface area contributed by atoms with Crippen LogP contribution < -0.4 is 0 Å². The summed E-state index contributed by atoms with van der Waals surface area (Å²) >= 11 is 0. The molecule has 11 aromatic rings. The fraction of sp³-hybridized carbons (Fsp3) is 0.0179. The second kappa shape index (κ2) is 13.2. The monoisotopic (exact) mass is 749 g/mol. The predicted molar refractivity (Wildman–Crippen MR) is 243 cm³/mol. The SMILES string of the molecule is c1ccc(-c2nc(-c3ccccc3)nc(-c3cccc4c3-c3ccc(-c5ccc6ccc7cccc8ccc5c6c78)cc3C4(c3ccccc3)c3ccccc3)n2)cc1. The van der Waals surface area contributed by atoms with Crippen molar-refractivity contribution in [2.24, 2.45) is 0 Å². The molecule has 1 heterocycles. The molecule has 3 heteroatoms. The van der Waals surface area contributed by atoms with E-state index >= 15 is 0 Å². The average molecular weight is 750 g/mol. The molecule has 1 aromatic heterocycles. The van der Waals surface area contributed by atoms with Gasteiger partial charge in [-0.1, -0.05) is 206 Å². The van der Waals surface area contributed by atoms with Crippen LogP contribution in [-0.2, 0) is 5.41 Å². The quantitative estimate of drug-likeness (QED) is 0.159. The van der Waals surface area contributed by atoms with Crippen molar-refractivity contribution >= 4 is 32.3 Å². The number of benzene rings is 10. The van der Waals surface area contributed by atoms with Crippen LogP contribution in [-0.4, -0.2) is 15.0 Å². The van der Waals surface area contributed by atoms with Crippen LogP contribution in [0.3, 0.4) is 0 Å². The largest absolute Gasteiger partial charge is 0.208 e. The van der Waals surface area contributed by atoms with Gasteiger partial charge in [0.25, 0.3) is 0 Å². The molecule has 59 heavy (non-hydrogen) atoms. The van der Waals surface area contributed by atoms with E-state index in [-0.39, 0.29) is 0 Å². The van der Waals surface area contributed by atoms with E-state index in [1.807, 2.05) is 36.4 Å². The van der Waals surface area contributed by atoms with Crippen molar-refractivity contribution in [1.29, 1.82) is 0 Å². The number of aromatic nitrogens is 3. The third kappa shape index (κ3) is 5.05. The Kier molecular flexibility index (Phi) is 7.45. The van der Waals surface area contributed by atoms with Gasteiger partial charge in [-0.25, -0.2) is 15.0 Å². The summed E-state index contributed by atoms with van der Waals surface area (Å²) < 4.78 is 0. The first-order valence-electron chi connectivity index (χ1n) is 20.2. The van der Waals surface area contributed by atoms with Gasteiger partial charge in [0.1, 0.15) is 0 Å². The number of hydrogen-bond donors (Lipinski definition) is 0. The molecule has 0 radical (unpaired) electrons. The highest BCUT2D eigenvalue weighted by molar-refractivity contribution is 6.25. The Balaban J connectivity index is 1.16. The molecule has 0 atom stereocenters. The van der Waals surface area contributed by atoms with Crippen molar-refractivity contribution in [3.05, 3.63) is 235 Å². The summed E-state index contributed by atoms with van der Waals surface area (Å²) in [5.41, 5.74) is 11.8. The van der Waals surface area contributed by atoms with Crippen LogP contribution in [0.5, 0.6) is 0 Å². The van der Waals surface area contributed by atoms with E-state index in [1.165, 1.54) is 71.3 Å². The molecule has 274 valence electrons. The van der Waals surface area contributed by atoms with Gasteiger partial charge >= 0.3 is 0 Å². The Morgan fingerprint density at radius 2 is 0.814 bits per heavy atom. The highest BCUT2D eigenvalue weighted by atomic mass is 15.0. The minimum atomic E-state index is -0.624. The third-order valence-corrected chi connectivity index (χ3v) is 12.4. The zero-order valence-corrected chi connectivity index (χ0v) is 32.0. The summed E-state index contributed by atoms with van der Waals surface area (Å²) in [5, 5.41) is 7.71. The topological polar surface area (TPSA) is 38.7 Å². The maximum absolute atomic E-state index is 5.26. The van der Waals surface area contributed by atoms with Crippen LogP contribution in [0.2, 0.25) is 0 Å². The summed E-state index contributed by atoms with van der Waals surface area (Å²) in [6.45, 7) is 0. The van der Waals surface area contributed by atoms with Crippen LogP contribution in [0.25, 0.3) is 88.7 Å². The molecular weight excluding hydrogens is 715 g/mol. The van der Waals surface area contributed by atoms with E-state index in [0.29, 0.717) is 17.5 Å². The molecule has 1 aliphatic carbocycles. The van der Waals surface area contributed by atoms with Crippen molar-refractivity contribution in [3.63, 3.8) is 0 Å². The molecule has 3 nitrogen and oxygen atoms in total. The van der Waals surface area contributed by atoms with Gasteiger partial charge in [-0.15, -0.1) is 0 Å². The number of rotatable bonds is 6. The van der Waals surface area contributed by atoms with E-state index in [0.717, 1.165) is 22.3 Å². The molecule has 0 bridgehead atoms. The Morgan fingerprint density at radius 1 is 0.305 bits per heavy atom. The fourth-order valence-electron chi connectivity index (χ4n) is 9.81. The van der Waals surface area contributed by atoms with Gasteiger partial charge in [0, 0.05) is 16.7 Å². The summed E-state index contributed by atoms with van der Waals surface area (Å²) in [6, 6.07) is 76.5. The number of hydrogen-bond acceptors (Lipinski definition) is 3. The summed E-state index contributed by atoms with van der Waals surface area (Å²) in [4.78, 5) is 15.6. The standard InChI is InChI=1S/C56H35N3/c1-5-15-39(16-6-1)53-57-54(40-17-7-2-8-18-40)59-55(58-53)47-25-14-26-48-52(47)46-34-31-41(35-49(46)56(48,42-21-9-3-10-22-42)43-23-11-4-12-24-43)44-32-29-38-28-27-36-19-13-20-37-30-33-45(44)51(38)50(36)37/h1-35H. The lowest BCUT2D eigenvalue weighted by atomic mass is 9.67. The molecule has 0 saturated carbocycles. The van der Waals surface area contributed by atoms with Gasteiger partial charge in [0.2, 0.25) is 0 Å². The molecule has 0 N–H and O–H groups in total. The summed E-state index contributed by atoms with van der Waals surface area (Å²) in [5.74, 6) is 1.94. The maximum atomic E-state index is 5.26. The minimum absolute atomic E-state index is 0.624. The fourth-order valence-corrected chi connectivity index (χ4v) is 9.81. The van der Waals surface area contributed by atoms with Crippen molar-refractivity contribution < 1.29 is 0 Å². The smallest absolute Gasteiger partial charge is 0.164 e. The van der Waals surface area contributed by atoms with Crippen molar-refractivity contribution in [2.45, 2.75) is 5.41 Å². The highest BCUT2D eigenvalue weighted by Crippen LogP contribution is 2.59. The van der Waals surface area contributed by atoms with Crippen LogP contribution in [0, 0.1) is 0 Å². The molecule has 12 rings (SSSR count). The second-order valence-corrected chi connectivity index (χ2v) is 15.5. The zero-order chi connectivity index (χ0) is 38.9. The molecule has 10 aromatic carbocycles. The van der Waals surface area contributed by atoms with Crippen LogP contribution >= 0.6 is 0 Å². The van der Waals surface area contributed by atoms with Gasteiger partial charge in [-0.3, -0.25) is 0 Å². The van der Waals surface area contributed by atoms with Crippen molar-refractivity contribution in [1.82, 2.24) is 15.0 Å². The average Bonchev–Trinajstić information content (AvgIpc) is 3.62. The first-order chi connectivity index (χ1) is 29.3. The van der Waals surface area contributed by atoms with E-state index in [1.54, 1.807) is 0 Å². The van der Waals surface area contributed by atoms with E-state index < -0.39 is 5.41 Å². The molecule has 1 aliphatic rings. The minimum Gasteiger partial charge on any atom is -0.208 e. The normalized spacial score (nSPS) is 12.9. The second-order valence-electron chi connectivity index (χ2n) is 15.5. The molecule has 0 saturated heterocycles. The van der Waals surface area contributed by atoms with E-state index in [2.05, 4.69) is 176 Å². The lowest BCUT2D eigenvalue weighted by molar-refractivity contribution is 0.769. The lowest BCUT2D eigenvalue weighted by Crippen LogP contribution is -2.28. The molecule has 0 spiro atoms. The first-order valence-corrected chi connectivity index (χ1v) is 20.2. The molecule has 0 aliphatic heterocycles. The van der Waals surface area contributed by atoms with Gasteiger partial charge in [-0.2, -0.15) is 0 Å². The molecule has 0 unspecified atom stereocenters. The van der Waals surface area contributed by atoms with Gasteiger partial charge in [0.05, 0.1) is 5.41 Å². The Hall–Kier alpha value is -7.75. The summed E-state index contributed by atoms with van der Waals surface area (Å²) in [7, 11) is 0. The Labute approximate surface area is 342 Å². The zero-order valence-electron chi connectivity index (χ0n) is 32.0. The summed E-state index contributed by atoms with van der Waals surface area (Å²) in [6.07, 6.45) is 0. The lowest BCUT2D eigenvalue weighted by Gasteiger charge is -2.34. The molecule has 0 fully saturated rings. The molecular formula is C56H35N3. The van der Waals surface area contributed by atoms with Gasteiger partial charge < -0.3 is 0 Å². The predicted octanol–water partition coefficient (Wildman–Crippen LogP) is 13.8. The van der Waals surface area contributed by atoms with Crippen LogP contribution in [0.15, 0.2) is 212 Å². The van der Waals surface area contributed by atoms with Crippen molar-refractivity contribution in [2.75, 3.05) is 0 Å². The molecule has 0 amide bonds. The number of nitrogens with zero attached hydrogens (tertiary/aromatic N) is 3. The van der Waals surface area contributed by atoms with Crippen LogP contribution in [0.4, 0.5) is 0 Å². The number of fused-ring (bicyclic) bond motifs is 3.